The zero-order valence-corrected chi connectivity index (χ0v) is 10.1. The Hall–Kier alpha value is -2.37. The monoisotopic (exact) mass is 245 g/mol. The second kappa shape index (κ2) is 5.81. The lowest BCUT2D eigenvalue weighted by Crippen LogP contribution is -2.27. The maximum atomic E-state index is 11.8. The molecule has 0 aliphatic heterocycles. The minimum atomic E-state index is -0.174. The number of anilines is 1. The molecule has 2 rings (SSSR count). The molecule has 2 aromatic heterocycles. The highest BCUT2D eigenvalue weighted by molar-refractivity contribution is 5.93. The second-order valence-corrected chi connectivity index (χ2v) is 3.74. The van der Waals surface area contributed by atoms with Gasteiger partial charge in [-0.3, -0.25) is 9.78 Å². The molecule has 2 heterocycles. The Labute approximate surface area is 105 Å². The van der Waals surface area contributed by atoms with Gasteiger partial charge in [0.25, 0.3) is 5.91 Å². The average Bonchev–Trinajstić information content (AvgIpc) is 2.92. The van der Waals surface area contributed by atoms with Gasteiger partial charge in [0.15, 0.2) is 0 Å². The first-order valence-corrected chi connectivity index (χ1v) is 5.67. The van der Waals surface area contributed by atoms with Crippen LogP contribution in [-0.2, 0) is 6.54 Å². The minimum absolute atomic E-state index is 0.174. The van der Waals surface area contributed by atoms with Crippen molar-refractivity contribution in [3.05, 3.63) is 42.7 Å². The first kappa shape index (κ1) is 12.1. The summed E-state index contributed by atoms with van der Waals surface area (Å²) in [5.41, 5.74) is 1.28. The normalized spacial score (nSPS) is 10.1. The van der Waals surface area contributed by atoms with Crippen LogP contribution in [0.5, 0.6) is 0 Å². The van der Waals surface area contributed by atoms with Crippen molar-refractivity contribution in [1.29, 1.82) is 0 Å². The SMILES string of the molecule is CNc1ccnc(C(=O)NCCn2ccnc2)c1. The van der Waals surface area contributed by atoms with Gasteiger partial charge in [0, 0.05) is 44.4 Å². The van der Waals surface area contributed by atoms with Crippen molar-refractivity contribution in [2.45, 2.75) is 6.54 Å². The number of hydrogen-bond acceptors (Lipinski definition) is 4. The number of pyridine rings is 1. The topological polar surface area (TPSA) is 71.8 Å². The fourth-order valence-corrected chi connectivity index (χ4v) is 1.52. The Morgan fingerprint density at radius 1 is 1.44 bits per heavy atom. The van der Waals surface area contributed by atoms with E-state index in [1.165, 1.54) is 0 Å². The highest BCUT2D eigenvalue weighted by atomic mass is 16.1. The first-order valence-electron chi connectivity index (χ1n) is 5.67. The van der Waals surface area contributed by atoms with Gasteiger partial charge in [-0.25, -0.2) is 4.98 Å². The number of imidazole rings is 1. The average molecular weight is 245 g/mol. The highest BCUT2D eigenvalue weighted by Gasteiger charge is 2.06. The van der Waals surface area contributed by atoms with Crippen molar-refractivity contribution >= 4 is 11.6 Å². The summed E-state index contributed by atoms with van der Waals surface area (Å²) in [5.74, 6) is -0.174. The predicted molar refractivity (Wildman–Crippen MR) is 68.3 cm³/mol. The van der Waals surface area contributed by atoms with E-state index in [9.17, 15) is 4.79 Å². The van der Waals surface area contributed by atoms with Gasteiger partial charge in [0.1, 0.15) is 5.69 Å². The fourth-order valence-electron chi connectivity index (χ4n) is 1.52. The fraction of sp³-hybridized carbons (Fsp3) is 0.250. The number of nitrogens with one attached hydrogen (secondary N) is 2. The van der Waals surface area contributed by atoms with Crippen LogP contribution >= 0.6 is 0 Å². The van der Waals surface area contributed by atoms with Crippen LogP contribution in [-0.4, -0.2) is 34.0 Å². The summed E-state index contributed by atoms with van der Waals surface area (Å²) in [5, 5.41) is 5.78. The van der Waals surface area contributed by atoms with Gasteiger partial charge in [-0.1, -0.05) is 0 Å². The van der Waals surface area contributed by atoms with Crippen LogP contribution in [0.2, 0.25) is 0 Å². The van der Waals surface area contributed by atoms with Crippen LogP contribution < -0.4 is 10.6 Å². The maximum absolute atomic E-state index is 11.8. The zero-order valence-electron chi connectivity index (χ0n) is 10.1. The molecule has 0 aliphatic carbocycles. The number of rotatable bonds is 5. The molecule has 6 nitrogen and oxygen atoms in total. The summed E-state index contributed by atoms with van der Waals surface area (Å²) < 4.78 is 1.90. The summed E-state index contributed by atoms with van der Waals surface area (Å²) >= 11 is 0. The number of aromatic nitrogens is 3. The van der Waals surface area contributed by atoms with Crippen molar-refractivity contribution in [2.24, 2.45) is 0 Å². The summed E-state index contributed by atoms with van der Waals surface area (Å²) in [6.07, 6.45) is 6.88. The van der Waals surface area contributed by atoms with Gasteiger partial charge in [-0.2, -0.15) is 0 Å². The number of amides is 1. The molecule has 0 aliphatic rings. The van der Waals surface area contributed by atoms with Gasteiger partial charge in [-0.05, 0) is 12.1 Å². The molecule has 1 amide bonds. The third-order valence-corrected chi connectivity index (χ3v) is 2.50. The van der Waals surface area contributed by atoms with Gasteiger partial charge < -0.3 is 15.2 Å². The molecule has 94 valence electrons. The lowest BCUT2D eigenvalue weighted by Gasteiger charge is -2.06. The summed E-state index contributed by atoms with van der Waals surface area (Å²) in [6, 6.07) is 3.52. The van der Waals surface area contributed by atoms with Crippen molar-refractivity contribution < 1.29 is 4.79 Å². The molecule has 2 N–H and O–H groups in total. The lowest BCUT2D eigenvalue weighted by atomic mass is 10.3. The Morgan fingerprint density at radius 3 is 3.06 bits per heavy atom. The van der Waals surface area contributed by atoms with Crippen molar-refractivity contribution in [2.75, 3.05) is 18.9 Å². The molecule has 0 saturated carbocycles. The number of carbonyl (C=O) groups excluding carboxylic acids is 1. The van der Waals surface area contributed by atoms with E-state index in [-0.39, 0.29) is 5.91 Å². The van der Waals surface area contributed by atoms with Gasteiger partial charge in [-0.15, -0.1) is 0 Å². The molecule has 2 aromatic rings. The molecule has 0 fully saturated rings. The van der Waals surface area contributed by atoms with Crippen LogP contribution in [0.15, 0.2) is 37.1 Å². The van der Waals surface area contributed by atoms with Gasteiger partial charge in [0.2, 0.25) is 0 Å². The van der Waals surface area contributed by atoms with E-state index in [1.807, 2.05) is 16.8 Å². The largest absolute Gasteiger partial charge is 0.388 e. The Balaban J connectivity index is 1.87. The van der Waals surface area contributed by atoms with Crippen LogP contribution in [0.3, 0.4) is 0 Å². The van der Waals surface area contributed by atoms with E-state index in [4.69, 9.17) is 0 Å². The summed E-state index contributed by atoms with van der Waals surface area (Å²) in [4.78, 5) is 19.8. The van der Waals surface area contributed by atoms with Crippen LogP contribution in [0.1, 0.15) is 10.5 Å². The number of nitrogens with zero attached hydrogens (tertiary/aromatic N) is 3. The minimum Gasteiger partial charge on any atom is -0.388 e. The Morgan fingerprint density at radius 2 is 2.33 bits per heavy atom. The zero-order chi connectivity index (χ0) is 12.8. The first-order chi connectivity index (χ1) is 8.79. The lowest BCUT2D eigenvalue weighted by molar-refractivity contribution is 0.0947. The van der Waals surface area contributed by atoms with Gasteiger partial charge >= 0.3 is 0 Å². The predicted octanol–water partition coefficient (Wildman–Crippen LogP) is 0.750. The maximum Gasteiger partial charge on any atom is 0.270 e. The van der Waals surface area contributed by atoms with E-state index in [0.29, 0.717) is 18.8 Å². The molecule has 18 heavy (non-hydrogen) atoms. The van der Waals surface area contributed by atoms with Crippen molar-refractivity contribution in [1.82, 2.24) is 19.9 Å². The molecule has 0 spiro atoms. The smallest absolute Gasteiger partial charge is 0.270 e. The summed E-state index contributed by atoms with van der Waals surface area (Å²) in [7, 11) is 1.80. The van der Waals surface area contributed by atoms with Crippen molar-refractivity contribution in [3.8, 4) is 0 Å². The molecular formula is C12H15N5O. The Kier molecular flexibility index (Phi) is 3.90. The van der Waals surface area contributed by atoms with Crippen LogP contribution in [0.25, 0.3) is 0 Å². The number of hydrogen-bond donors (Lipinski definition) is 2. The molecule has 0 unspecified atom stereocenters. The van der Waals surface area contributed by atoms with Crippen LogP contribution in [0.4, 0.5) is 5.69 Å². The molecule has 0 bridgehead atoms. The van der Waals surface area contributed by atoms with Crippen molar-refractivity contribution in [3.63, 3.8) is 0 Å². The van der Waals surface area contributed by atoms with E-state index in [1.54, 1.807) is 31.8 Å². The second-order valence-electron chi connectivity index (χ2n) is 3.74. The van der Waals surface area contributed by atoms with E-state index in [2.05, 4.69) is 20.6 Å². The molecular weight excluding hydrogens is 230 g/mol. The third-order valence-electron chi connectivity index (χ3n) is 2.50. The van der Waals surface area contributed by atoms with E-state index < -0.39 is 0 Å². The van der Waals surface area contributed by atoms with Gasteiger partial charge in [0.05, 0.1) is 6.33 Å². The molecule has 0 aromatic carbocycles. The number of carbonyl (C=O) groups is 1. The molecule has 0 atom stereocenters. The molecule has 6 heteroatoms. The van der Waals surface area contributed by atoms with E-state index in [0.717, 1.165) is 5.69 Å². The molecule has 0 saturated heterocycles. The van der Waals surface area contributed by atoms with E-state index >= 15 is 0 Å². The van der Waals surface area contributed by atoms with Crippen LogP contribution in [0, 0.1) is 0 Å². The summed E-state index contributed by atoms with van der Waals surface area (Å²) in [6.45, 7) is 1.23. The Bertz CT molecular complexity index is 509. The standard InChI is InChI=1S/C12H15N5O/c1-13-10-2-3-15-11(8-10)12(18)16-5-7-17-6-4-14-9-17/h2-4,6,8-9H,5,7H2,1H3,(H,13,15)(H,16,18). The third kappa shape index (κ3) is 3.07. The highest BCUT2D eigenvalue weighted by Crippen LogP contribution is 2.06. The quantitative estimate of drug-likeness (QED) is 0.815. The molecule has 0 radical (unpaired) electrons.